The number of hydrogen-bond acceptors (Lipinski definition) is 4. The Labute approximate surface area is 128 Å². The van der Waals surface area contributed by atoms with Gasteiger partial charge in [0.25, 0.3) is 0 Å². The van der Waals surface area contributed by atoms with Crippen molar-refractivity contribution in [1.82, 2.24) is 4.72 Å². The van der Waals surface area contributed by atoms with Gasteiger partial charge in [0.05, 0.1) is 12.7 Å². The van der Waals surface area contributed by atoms with Crippen molar-refractivity contribution in [2.75, 3.05) is 7.11 Å². The zero-order valence-electron chi connectivity index (χ0n) is 11.5. The summed E-state index contributed by atoms with van der Waals surface area (Å²) in [5.41, 5.74) is -0.155. The lowest BCUT2D eigenvalue weighted by molar-refractivity contribution is 0.0916. The van der Waals surface area contributed by atoms with E-state index >= 15 is 0 Å². The lowest BCUT2D eigenvalue weighted by Crippen LogP contribution is -2.41. The summed E-state index contributed by atoms with van der Waals surface area (Å²) in [6.45, 7) is -0.626. The van der Waals surface area contributed by atoms with Crippen LogP contribution in [0.5, 0.6) is 0 Å². The quantitative estimate of drug-likeness (QED) is 0.859. The third kappa shape index (κ3) is 3.54. The van der Waals surface area contributed by atoms with Gasteiger partial charge in [-0.25, -0.2) is 17.5 Å². The molecule has 1 aromatic rings. The third-order valence-electron chi connectivity index (χ3n) is 3.60. The molecule has 1 aliphatic rings. The van der Waals surface area contributed by atoms with E-state index in [9.17, 15) is 12.8 Å². The highest BCUT2D eigenvalue weighted by molar-refractivity contribution is 7.89. The first kappa shape index (κ1) is 16.6. The summed E-state index contributed by atoms with van der Waals surface area (Å²) in [5, 5.41) is 9.11. The highest BCUT2D eigenvalue weighted by Gasteiger charge is 2.33. The van der Waals surface area contributed by atoms with Gasteiger partial charge in [0.15, 0.2) is 0 Å². The lowest BCUT2D eigenvalue weighted by atomic mass is 10.2. The van der Waals surface area contributed by atoms with E-state index in [-0.39, 0.29) is 16.7 Å². The van der Waals surface area contributed by atoms with E-state index in [0.717, 1.165) is 18.9 Å². The van der Waals surface area contributed by atoms with Crippen molar-refractivity contribution >= 4 is 21.6 Å². The minimum Gasteiger partial charge on any atom is -0.392 e. The molecule has 1 saturated carbocycles. The molecule has 0 aromatic heterocycles. The second kappa shape index (κ2) is 6.58. The summed E-state index contributed by atoms with van der Waals surface area (Å²) in [5.74, 6) is -0.985. The van der Waals surface area contributed by atoms with Crippen LogP contribution >= 0.6 is 11.6 Å². The maximum atomic E-state index is 14.1. The highest BCUT2D eigenvalue weighted by Crippen LogP contribution is 2.27. The SMILES string of the molecule is COC1CCCC1NS(=O)(=O)c1cc(Cl)cc(CO)c1F. The summed E-state index contributed by atoms with van der Waals surface area (Å²) in [4.78, 5) is -0.555. The minimum absolute atomic E-state index is 0.0514. The molecule has 0 aliphatic heterocycles. The molecule has 0 radical (unpaired) electrons. The highest BCUT2D eigenvalue weighted by atomic mass is 35.5. The number of hydrogen-bond donors (Lipinski definition) is 2. The summed E-state index contributed by atoms with van der Waals surface area (Å²) in [6.07, 6.45) is 2.00. The van der Waals surface area contributed by atoms with Gasteiger partial charge < -0.3 is 9.84 Å². The Kier molecular flexibility index (Phi) is 5.21. The first-order chi connectivity index (χ1) is 9.89. The van der Waals surface area contributed by atoms with Crippen LogP contribution in [0.15, 0.2) is 17.0 Å². The molecule has 1 aliphatic carbocycles. The molecule has 2 rings (SSSR count). The largest absolute Gasteiger partial charge is 0.392 e. The zero-order valence-corrected chi connectivity index (χ0v) is 13.0. The molecule has 2 atom stereocenters. The molecule has 8 heteroatoms. The monoisotopic (exact) mass is 337 g/mol. The first-order valence-corrected chi connectivity index (χ1v) is 8.39. The topological polar surface area (TPSA) is 75.6 Å². The van der Waals surface area contributed by atoms with Crippen LogP contribution in [0.1, 0.15) is 24.8 Å². The molecule has 0 bridgehead atoms. The van der Waals surface area contributed by atoms with Crippen molar-refractivity contribution in [2.45, 2.75) is 42.9 Å². The van der Waals surface area contributed by atoms with Crippen molar-refractivity contribution in [3.8, 4) is 0 Å². The van der Waals surface area contributed by atoms with Gasteiger partial charge in [-0.15, -0.1) is 0 Å². The number of rotatable bonds is 5. The maximum absolute atomic E-state index is 14.1. The summed E-state index contributed by atoms with van der Waals surface area (Å²) < 4.78 is 46.5. The maximum Gasteiger partial charge on any atom is 0.243 e. The fourth-order valence-electron chi connectivity index (χ4n) is 2.53. The average Bonchev–Trinajstić information content (AvgIpc) is 2.87. The van der Waals surface area contributed by atoms with E-state index in [2.05, 4.69) is 4.72 Å². The zero-order chi connectivity index (χ0) is 15.6. The van der Waals surface area contributed by atoms with Gasteiger partial charge in [0.1, 0.15) is 10.7 Å². The summed E-state index contributed by atoms with van der Waals surface area (Å²) in [6, 6.07) is 1.84. The molecule has 1 aromatic carbocycles. The number of ether oxygens (including phenoxy) is 1. The van der Waals surface area contributed by atoms with E-state index in [1.54, 1.807) is 0 Å². The van der Waals surface area contributed by atoms with Crippen molar-refractivity contribution in [2.24, 2.45) is 0 Å². The van der Waals surface area contributed by atoms with Crippen LogP contribution < -0.4 is 4.72 Å². The van der Waals surface area contributed by atoms with Crippen molar-refractivity contribution < 1.29 is 22.7 Å². The second-order valence-corrected chi connectivity index (χ2v) is 7.09. The van der Waals surface area contributed by atoms with Gasteiger partial charge in [-0.1, -0.05) is 11.6 Å². The Balaban J connectivity index is 2.34. The number of nitrogens with one attached hydrogen (secondary N) is 1. The van der Waals surface area contributed by atoms with Crippen molar-refractivity contribution in [3.63, 3.8) is 0 Å². The average molecular weight is 338 g/mol. The smallest absolute Gasteiger partial charge is 0.243 e. The molecule has 0 amide bonds. The Hall–Kier alpha value is -0.730. The molecule has 2 unspecified atom stereocenters. The van der Waals surface area contributed by atoms with Gasteiger partial charge in [-0.05, 0) is 31.4 Å². The number of benzene rings is 1. The Morgan fingerprint density at radius 1 is 1.48 bits per heavy atom. The molecule has 1 fully saturated rings. The molecule has 0 spiro atoms. The van der Waals surface area contributed by atoms with E-state index in [4.69, 9.17) is 21.4 Å². The second-order valence-electron chi connectivity index (χ2n) is 4.97. The van der Waals surface area contributed by atoms with Crippen LogP contribution in [0, 0.1) is 5.82 Å². The normalized spacial score (nSPS) is 22.7. The molecule has 2 N–H and O–H groups in total. The van der Waals surface area contributed by atoms with E-state index in [1.165, 1.54) is 13.2 Å². The summed E-state index contributed by atoms with van der Waals surface area (Å²) in [7, 11) is -2.56. The van der Waals surface area contributed by atoms with Gasteiger partial charge in [0.2, 0.25) is 10.0 Å². The van der Waals surface area contributed by atoms with Crippen LogP contribution in [0.25, 0.3) is 0 Å². The number of sulfonamides is 1. The Morgan fingerprint density at radius 3 is 2.81 bits per heavy atom. The molecular formula is C13H17ClFNO4S. The molecular weight excluding hydrogens is 321 g/mol. The number of halogens is 2. The van der Waals surface area contributed by atoms with Gasteiger partial charge in [-0.2, -0.15) is 0 Å². The van der Waals surface area contributed by atoms with Gasteiger partial charge in [0, 0.05) is 23.7 Å². The molecule has 0 saturated heterocycles. The molecule has 21 heavy (non-hydrogen) atoms. The van der Waals surface area contributed by atoms with Crippen LogP contribution in [-0.2, 0) is 21.4 Å². The Morgan fingerprint density at radius 2 is 2.19 bits per heavy atom. The number of methoxy groups -OCH3 is 1. The van der Waals surface area contributed by atoms with Gasteiger partial charge in [-0.3, -0.25) is 0 Å². The Bertz CT molecular complexity index is 623. The summed E-state index contributed by atoms with van der Waals surface area (Å²) >= 11 is 5.78. The standard InChI is InChI=1S/C13H17ClFNO4S/c1-20-11-4-2-3-10(11)16-21(18,19)12-6-9(14)5-8(7-17)13(12)15/h5-6,10-11,16-17H,2-4,7H2,1H3. The fraction of sp³-hybridized carbons (Fsp3) is 0.538. The van der Waals surface area contributed by atoms with Crippen molar-refractivity contribution in [3.05, 3.63) is 28.5 Å². The van der Waals surface area contributed by atoms with Crippen LogP contribution in [0.3, 0.4) is 0 Å². The lowest BCUT2D eigenvalue weighted by Gasteiger charge is -2.20. The molecule has 5 nitrogen and oxygen atoms in total. The molecule has 0 heterocycles. The first-order valence-electron chi connectivity index (χ1n) is 6.53. The van der Waals surface area contributed by atoms with Gasteiger partial charge >= 0.3 is 0 Å². The number of aliphatic hydroxyl groups is 1. The van der Waals surface area contributed by atoms with E-state index in [0.29, 0.717) is 6.42 Å². The van der Waals surface area contributed by atoms with Crippen molar-refractivity contribution in [1.29, 1.82) is 0 Å². The molecule has 118 valence electrons. The minimum atomic E-state index is -4.07. The number of aliphatic hydroxyl groups excluding tert-OH is 1. The third-order valence-corrected chi connectivity index (χ3v) is 5.31. The van der Waals surface area contributed by atoms with Crippen LogP contribution in [0.4, 0.5) is 4.39 Å². The fourth-order valence-corrected chi connectivity index (χ4v) is 4.28. The van der Waals surface area contributed by atoms with Crippen LogP contribution in [0.2, 0.25) is 5.02 Å². The van der Waals surface area contributed by atoms with E-state index < -0.39 is 33.4 Å². The van der Waals surface area contributed by atoms with E-state index in [1.807, 2.05) is 0 Å². The van der Waals surface area contributed by atoms with Crippen LogP contribution in [-0.4, -0.2) is 32.8 Å². The predicted molar refractivity (Wildman–Crippen MR) is 76.1 cm³/mol. The predicted octanol–water partition coefficient (Wildman–Crippen LogP) is 1.82.